The normalized spacial score (nSPS) is 17.8. The molecule has 1 N–H and O–H groups in total. The van der Waals surface area contributed by atoms with Gasteiger partial charge in [-0.2, -0.15) is 0 Å². The standard InChI is InChI=1S/C16H15IN2O3/c17-12-3-5-13(6-4-12)18-16(21)11-8-15(20)19(9-11)10-14-2-1-7-22-14/h1-7,11H,8-10H2,(H,18,21)/t11-/m1/s1. The molecule has 2 heterocycles. The molecule has 114 valence electrons. The van der Waals surface area contributed by atoms with E-state index in [1.165, 1.54) is 0 Å². The van der Waals surface area contributed by atoms with E-state index >= 15 is 0 Å². The summed E-state index contributed by atoms with van der Waals surface area (Å²) in [4.78, 5) is 26.0. The van der Waals surface area contributed by atoms with Gasteiger partial charge in [0.1, 0.15) is 5.76 Å². The number of halogens is 1. The zero-order valence-corrected chi connectivity index (χ0v) is 13.9. The largest absolute Gasteiger partial charge is 0.467 e. The van der Waals surface area contributed by atoms with Gasteiger partial charge in [0.2, 0.25) is 11.8 Å². The van der Waals surface area contributed by atoms with E-state index in [1.54, 1.807) is 17.2 Å². The Kier molecular flexibility index (Phi) is 4.47. The first-order valence-electron chi connectivity index (χ1n) is 6.98. The number of hydrogen-bond donors (Lipinski definition) is 1. The number of furan rings is 1. The third-order valence-electron chi connectivity index (χ3n) is 3.62. The molecule has 1 aromatic heterocycles. The molecule has 1 atom stereocenters. The second kappa shape index (κ2) is 6.51. The van der Waals surface area contributed by atoms with Gasteiger partial charge >= 0.3 is 0 Å². The molecule has 1 saturated heterocycles. The van der Waals surface area contributed by atoms with Crippen molar-refractivity contribution in [1.82, 2.24) is 4.90 Å². The molecule has 1 aromatic carbocycles. The summed E-state index contributed by atoms with van der Waals surface area (Å²) in [6.07, 6.45) is 1.83. The van der Waals surface area contributed by atoms with Crippen molar-refractivity contribution in [3.05, 3.63) is 52.0 Å². The van der Waals surface area contributed by atoms with Crippen LogP contribution in [0.5, 0.6) is 0 Å². The van der Waals surface area contributed by atoms with Gasteiger partial charge in [0.05, 0.1) is 18.7 Å². The second-order valence-corrected chi connectivity index (χ2v) is 6.50. The van der Waals surface area contributed by atoms with Crippen LogP contribution in [0.2, 0.25) is 0 Å². The lowest BCUT2D eigenvalue weighted by molar-refractivity contribution is -0.128. The van der Waals surface area contributed by atoms with Gasteiger partial charge in [-0.1, -0.05) is 0 Å². The van der Waals surface area contributed by atoms with Gasteiger partial charge in [0.15, 0.2) is 0 Å². The maximum Gasteiger partial charge on any atom is 0.229 e. The van der Waals surface area contributed by atoms with Gasteiger partial charge in [-0.15, -0.1) is 0 Å². The molecule has 1 aliphatic heterocycles. The number of carbonyl (C=O) groups excluding carboxylic acids is 2. The Morgan fingerprint density at radius 1 is 1.32 bits per heavy atom. The quantitative estimate of drug-likeness (QED) is 0.789. The summed E-state index contributed by atoms with van der Waals surface area (Å²) in [6, 6.07) is 11.2. The van der Waals surface area contributed by atoms with E-state index in [-0.39, 0.29) is 24.2 Å². The molecule has 1 fully saturated rings. The molecule has 0 saturated carbocycles. The first-order chi connectivity index (χ1) is 10.6. The third kappa shape index (κ3) is 3.49. The Balaban J connectivity index is 1.60. The van der Waals surface area contributed by atoms with Crippen LogP contribution in [0.15, 0.2) is 47.1 Å². The van der Waals surface area contributed by atoms with Crippen LogP contribution in [0, 0.1) is 9.49 Å². The Bertz CT molecular complexity index is 667. The van der Waals surface area contributed by atoms with Crippen LogP contribution in [0.1, 0.15) is 12.2 Å². The zero-order chi connectivity index (χ0) is 15.5. The fourth-order valence-electron chi connectivity index (χ4n) is 2.47. The van der Waals surface area contributed by atoms with Crippen LogP contribution >= 0.6 is 22.6 Å². The molecule has 0 bridgehead atoms. The number of likely N-dealkylation sites (tertiary alicyclic amines) is 1. The van der Waals surface area contributed by atoms with Crippen molar-refractivity contribution in [3.8, 4) is 0 Å². The summed E-state index contributed by atoms with van der Waals surface area (Å²) in [6.45, 7) is 0.842. The number of nitrogens with zero attached hydrogens (tertiary/aromatic N) is 1. The number of amides is 2. The molecule has 0 aliphatic carbocycles. The van der Waals surface area contributed by atoms with Crippen molar-refractivity contribution in [3.63, 3.8) is 0 Å². The van der Waals surface area contributed by atoms with Gasteiger partial charge in [-0.3, -0.25) is 9.59 Å². The Labute approximate surface area is 141 Å². The highest BCUT2D eigenvalue weighted by Gasteiger charge is 2.34. The molecule has 2 amide bonds. The SMILES string of the molecule is O=C(Nc1ccc(I)cc1)[C@@H]1CC(=O)N(Cc2ccco2)C1. The smallest absolute Gasteiger partial charge is 0.229 e. The van der Waals surface area contributed by atoms with E-state index < -0.39 is 0 Å². The van der Waals surface area contributed by atoms with Gasteiger partial charge in [-0.05, 0) is 59.0 Å². The number of nitrogens with one attached hydrogen (secondary N) is 1. The van der Waals surface area contributed by atoms with E-state index in [9.17, 15) is 9.59 Å². The molecule has 22 heavy (non-hydrogen) atoms. The van der Waals surface area contributed by atoms with Crippen molar-refractivity contribution in [2.24, 2.45) is 5.92 Å². The van der Waals surface area contributed by atoms with Crippen LogP contribution in [0.25, 0.3) is 0 Å². The van der Waals surface area contributed by atoms with E-state index in [0.717, 1.165) is 15.0 Å². The highest BCUT2D eigenvalue weighted by molar-refractivity contribution is 14.1. The van der Waals surface area contributed by atoms with Crippen molar-refractivity contribution in [2.45, 2.75) is 13.0 Å². The Morgan fingerprint density at radius 3 is 2.77 bits per heavy atom. The second-order valence-electron chi connectivity index (χ2n) is 5.25. The first-order valence-corrected chi connectivity index (χ1v) is 8.06. The minimum atomic E-state index is -0.318. The van der Waals surface area contributed by atoms with E-state index in [0.29, 0.717) is 13.1 Å². The lowest BCUT2D eigenvalue weighted by Crippen LogP contribution is -2.27. The number of anilines is 1. The molecule has 3 rings (SSSR count). The Hall–Kier alpha value is -1.83. The van der Waals surface area contributed by atoms with Crippen molar-refractivity contribution >= 4 is 40.1 Å². The lowest BCUT2D eigenvalue weighted by Gasteiger charge is -2.15. The van der Waals surface area contributed by atoms with E-state index in [1.807, 2.05) is 30.3 Å². The summed E-state index contributed by atoms with van der Waals surface area (Å²) < 4.78 is 6.36. The van der Waals surface area contributed by atoms with E-state index in [4.69, 9.17) is 4.42 Å². The summed E-state index contributed by atoms with van der Waals surface area (Å²) in [7, 11) is 0. The van der Waals surface area contributed by atoms with Crippen LogP contribution < -0.4 is 5.32 Å². The zero-order valence-electron chi connectivity index (χ0n) is 11.8. The monoisotopic (exact) mass is 410 g/mol. The van der Waals surface area contributed by atoms with Crippen LogP contribution in [-0.2, 0) is 16.1 Å². The topological polar surface area (TPSA) is 62.6 Å². The molecule has 2 aromatic rings. The predicted octanol–water partition coefficient (Wildman–Crippen LogP) is 2.87. The summed E-state index contributed by atoms with van der Waals surface area (Å²) in [5, 5.41) is 2.87. The summed E-state index contributed by atoms with van der Waals surface area (Å²) in [5.41, 5.74) is 0.752. The number of hydrogen-bond acceptors (Lipinski definition) is 3. The molecular weight excluding hydrogens is 395 g/mol. The van der Waals surface area contributed by atoms with Gasteiger partial charge in [-0.25, -0.2) is 0 Å². The summed E-state index contributed by atoms with van der Waals surface area (Å²) >= 11 is 2.21. The van der Waals surface area contributed by atoms with Crippen molar-refractivity contribution < 1.29 is 14.0 Å². The molecule has 1 aliphatic rings. The van der Waals surface area contributed by atoms with Crippen molar-refractivity contribution in [2.75, 3.05) is 11.9 Å². The molecule has 0 unspecified atom stereocenters. The number of benzene rings is 1. The molecule has 0 spiro atoms. The lowest BCUT2D eigenvalue weighted by atomic mass is 10.1. The Morgan fingerprint density at radius 2 is 2.09 bits per heavy atom. The predicted molar refractivity (Wildman–Crippen MR) is 90.0 cm³/mol. The molecule has 0 radical (unpaired) electrons. The van der Waals surface area contributed by atoms with Crippen molar-refractivity contribution in [1.29, 1.82) is 0 Å². The molecule has 6 heteroatoms. The highest BCUT2D eigenvalue weighted by atomic mass is 127. The van der Waals surface area contributed by atoms with Crippen LogP contribution in [0.4, 0.5) is 5.69 Å². The third-order valence-corrected chi connectivity index (χ3v) is 4.34. The minimum Gasteiger partial charge on any atom is -0.467 e. The highest BCUT2D eigenvalue weighted by Crippen LogP contribution is 2.22. The van der Waals surface area contributed by atoms with Gasteiger partial charge < -0.3 is 14.6 Å². The fourth-order valence-corrected chi connectivity index (χ4v) is 2.83. The van der Waals surface area contributed by atoms with Gasteiger partial charge in [0, 0.05) is 22.2 Å². The average molecular weight is 410 g/mol. The van der Waals surface area contributed by atoms with Crippen LogP contribution in [0.3, 0.4) is 0 Å². The first kappa shape index (κ1) is 15.1. The van der Waals surface area contributed by atoms with Crippen LogP contribution in [-0.4, -0.2) is 23.3 Å². The van der Waals surface area contributed by atoms with Gasteiger partial charge in [0.25, 0.3) is 0 Å². The van der Waals surface area contributed by atoms with E-state index in [2.05, 4.69) is 27.9 Å². The summed E-state index contributed by atoms with van der Waals surface area (Å²) in [5.74, 6) is 0.282. The minimum absolute atomic E-state index is 0.0147. The average Bonchev–Trinajstić information content (AvgIpc) is 3.13. The maximum atomic E-state index is 12.3. The number of rotatable bonds is 4. The fraction of sp³-hybridized carbons (Fsp3) is 0.250. The maximum absolute atomic E-state index is 12.3. The molecule has 5 nitrogen and oxygen atoms in total. The molecular formula is C16H15IN2O3. The number of carbonyl (C=O) groups is 2.